The zero-order chi connectivity index (χ0) is 16.4. The Morgan fingerprint density at radius 3 is 2.78 bits per heavy atom. The number of H-pyrrole nitrogens is 2. The molecule has 0 aliphatic heterocycles. The lowest BCUT2D eigenvalue weighted by Gasteiger charge is -2.13. The number of carbonyl (C=O) groups excluding carboxylic acids is 1. The summed E-state index contributed by atoms with van der Waals surface area (Å²) in [6, 6.07) is 5.58. The van der Waals surface area contributed by atoms with E-state index in [0.717, 1.165) is 15.9 Å². The van der Waals surface area contributed by atoms with Gasteiger partial charge in [0.25, 0.3) is 5.91 Å². The van der Waals surface area contributed by atoms with E-state index in [1.807, 2.05) is 12.4 Å². The van der Waals surface area contributed by atoms with Crippen molar-refractivity contribution in [1.82, 2.24) is 9.97 Å². The number of halogens is 1. The van der Waals surface area contributed by atoms with E-state index in [0.29, 0.717) is 23.3 Å². The highest BCUT2D eigenvalue weighted by Gasteiger charge is 2.13. The van der Waals surface area contributed by atoms with Crippen molar-refractivity contribution in [1.29, 1.82) is 0 Å². The number of hydrogen-bond donors (Lipinski definition) is 4. The largest absolute Gasteiger partial charge is 0.326 e. The smallest absolute Gasteiger partial charge is 0.323 e. The van der Waals surface area contributed by atoms with Crippen LogP contribution in [0.2, 0.25) is 0 Å². The second kappa shape index (κ2) is 6.69. The van der Waals surface area contributed by atoms with Gasteiger partial charge in [-0.25, -0.2) is 4.79 Å². The number of aromatic nitrogens is 2. The average Bonchev–Trinajstić information content (AvgIpc) is 3.07. The Labute approximate surface area is 144 Å². The molecule has 1 amide bonds. The molecule has 4 N–H and O–H groups in total. The van der Waals surface area contributed by atoms with Crippen molar-refractivity contribution < 1.29 is 9.69 Å². The Morgan fingerprint density at radius 1 is 1.35 bits per heavy atom. The predicted octanol–water partition coefficient (Wildman–Crippen LogP) is 1.33. The van der Waals surface area contributed by atoms with Gasteiger partial charge in [0.15, 0.2) is 6.54 Å². The fourth-order valence-corrected chi connectivity index (χ4v) is 3.54. The van der Waals surface area contributed by atoms with Gasteiger partial charge in [0.2, 0.25) is 0 Å². The van der Waals surface area contributed by atoms with Crippen molar-refractivity contribution in [2.24, 2.45) is 0 Å². The van der Waals surface area contributed by atoms with Crippen LogP contribution in [-0.2, 0) is 11.3 Å². The molecule has 3 rings (SSSR count). The summed E-state index contributed by atoms with van der Waals surface area (Å²) in [7, 11) is 1.99. The van der Waals surface area contributed by atoms with Gasteiger partial charge in [-0.2, -0.15) is 11.3 Å². The van der Waals surface area contributed by atoms with Crippen LogP contribution in [0.1, 0.15) is 5.56 Å². The van der Waals surface area contributed by atoms with Crippen LogP contribution in [0.25, 0.3) is 11.0 Å². The molecule has 6 nitrogen and oxygen atoms in total. The quantitative estimate of drug-likeness (QED) is 0.525. The molecule has 0 spiro atoms. The van der Waals surface area contributed by atoms with Crippen LogP contribution >= 0.6 is 27.3 Å². The first kappa shape index (κ1) is 16.0. The molecule has 0 saturated carbocycles. The highest BCUT2D eigenvalue weighted by molar-refractivity contribution is 9.10. The maximum atomic E-state index is 12.2. The summed E-state index contributed by atoms with van der Waals surface area (Å²) in [6.07, 6.45) is 0. The average molecular weight is 396 g/mol. The normalized spacial score (nSPS) is 12.4. The molecule has 3 aromatic rings. The number of quaternary nitrogens is 1. The fraction of sp³-hybridized carbons (Fsp3) is 0.200. The van der Waals surface area contributed by atoms with Gasteiger partial charge < -0.3 is 20.2 Å². The Kier molecular flexibility index (Phi) is 4.65. The third-order valence-electron chi connectivity index (χ3n) is 3.43. The van der Waals surface area contributed by atoms with Crippen LogP contribution in [0, 0.1) is 0 Å². The number of imidazole rings is 1. The number of amides is 1. The minimum Gasteiger partial charge on any atom is -0.326 e. The number of hydrogen-bond acceptors (Lipinski definition) is 3. The fourth-order valence-electron chi connectivity index (χ4n) is 2.42. The second-order valence-corrected chi connectivity index (χ2v) is 7.08. The second-order valence-electron chi connectivity index (χ2n) is 5.45. The summed E-state index contributed by atoms with van der Waals surface area (Å²) < 4.78 is 0.726. The number of aromatic amines is 2. The van der Waals surface area contributed by atoms with Crippen molar-refractivity contribution in [3.05, 3.63) is 49.5 Å². The van der Waals surface area contributed by atoms with Crippen LogP contribution < -0.4 is 15.9 Å². The van der Waals surface area contributed by atoms with E-state index in [1.54, 1.807) is 23.5 Å². The summed E-state index contributed by atoms with van der Waals surface area (Å²) in [6.45, 7) is 1.17. The minimum atomic E-state index is -0.268. The molecule has 0 radical (unpaired) electrons. The molecule has 0 bridgehead atoms. The number of nitrogens with one attached hydrogen (secondary N) is 4. The molecule has 0 fully saturated rings. The van der Waals surface area contributed by atoms with E-state index in [4.69, 9.17) is 0 Å². The van der Waals surface area contributed by atoms with Gasteiger partial charge >= 0.3 is 5.69 Å². The monoisotopic (exact) mass is 395 g/mol. The number of thiophene rings is 1. The van der Waals surface area contributed by atoms with Crippen molar-refractivity contribution in [3.8, 4) is 0 Å². The topological polar surface area (TPSA) is 82.2 Å². The van der Waals surface area contributed by atoms with Crippen molar-refractivity contribution in [3.63, 3.8) is 0 Å². The number of carbonyl (C=O) groups is 1. The lowest BCUT2D eigenvalue weighted by Crippen LogP contribution is -3.08. The summed E-state index contributed by atoms with van der Waals surface area (Å²) in [5.41, 5.74) is 2.96. The molecule has 2 heterocycles. The summed E-state index contributed by atoms with van der Waals surface area (Å²) >= 11 is 5.07. The summed E-state index contributed by atoms with van der Waals surface area (Å²) in [5, 5.41) is 7.01. The molecule has 23 heavy (non-hydrogen) atoms. The van der Waals surface area contributed by atoms with Gasteiger partial charge in [0, 0.05) is 10.0 Å². The van der Waals surface area contributed by atoms with E-state index in [2.05, 4.69) is 42.7 Å². The SMILES string of the molecule is C[NH+](CC(=O)Nc1cc2[nH]c(=O)[nH]c2cc1Br)Cc1ccsc1. The predicted molar refractivity (Wildman–Crippen MR) is 95.0 cm³/mol. The standard InChI is InChI=1S/C15H15BrN4O2S/c1-20(6-9-2-3-23-8-9)7-14(21)17-11-5-13-12(4-10(11)16)18-15(22)19-13/h2-5,8H,6-7H2,1H3,(H,17,21)(H2,18,19,22)/p+1. The van der Waals surface area contributed by atoms with E-state index >= 15 is 0 Å². The van der Waals surface area contributed by atoms with Gasteiger partial charge in [-0.1, -0.05) is 0 Å². The van der Waals surface area contributed by atoms with E-state index in [1.165, 1.54) is 5.56 Å². The molecule has 8 heteroatoms. The Bertz CT molecular complexity index is 885. The van der Waals surface area contributed by atoms with Crippen molar-refractivity contribution in [2.45, 2.75) is 6.54 Å². The molecule has 0 aliphatic carbocycles. The third kappa shape index (κ3) is 3.90. The van der Waals surface area contributed by atoms with Gasteiger partial charge in [-0.15, -0.1) is 0 Å². The first-order valence-electron chi connectivity index (χ1n) is 7.05. The number of fused-ring (bicyclic) bond motifs is 1. The number of rotatable bonds is 5. The van der Waals surface area contributed by atoms with Gasteiger partial charge in [0.05, 0.1) is 23.8 Å². The maximum absolute atomic E-state index is 12.2. The van der Waals surface area contributed by atoms with Crippen LogP contribution in [0.15, 0.2) is 38.2 Å². The van der Waals surface area contributed by atoms with Gasteiger partial charge in [-0.3, -0.25) is 4.79 Å². The highest BCUT2D eigenvalue weighted by atomic mass is 79.9. The van der Waals surface area contributed by atoms with Crippen LogP contribution in [0.5, 0.6) is 0 Å². The van der Waals surface area contributed by atoms with Gasteiger partial charge in [0.1, 0.15) is 6.54 Å². The van der Waals surface area contributed by atoms with Gasteiger partial charge in [-0.05, 0) is 44.9 Å². The van der Waals surface area contributed by atoms with Crippen LogP contribution in [0.4, 0.5) is 5.69 Å². The molecule has 1 unspecified atom stereocenters. The highest BCUT2D eigenvalue weighted by Crippen LogP contribution is 2.26. The molecular weight excluding hydrogens is 380 g/mol. The van der Waals surface area contributed by atoms with Crippen LogP contribution in [-0.4, -0.2) is 29.5 Å². The number of likely N-dealkylation sites (N-methyl/N-ethyl adjacent to an activating group) is 1. The zero-order valence-corrected chi connectivity index (χ0v) is 14.8. The summed E-state index contributed by atoms with van der Waals surface area (Å²) in [5.74, 6) is -0.0735. The van der Waals surface area contributed by atoms with Crippen molar-refractivity contribution >= 4 is 49.9 Å². The zero-order valence-electron chi connectivity index (χ0n) is 12.4. The Balaban J connectivity index is 1.67. The maximum Gasteiger partial charge on any atom is 0.323 e. The molecule has 1 atom stereocenters. The first-order valence-corrected chi connectivity index (χ1v) is 8.78. The lowest BCUT2D eigenvalue weighted by atomic mass is 10.2. The summed E-state index contributed by atoms with van der Waals surface area (Å²) in [4.78, 5) is 30.0. The number of anilines is 1. The molecule has 120 valence electrons. The molecule has 0 aliphatic rings. The lowest BCUT2D eigenvalue weighted by molar-refractivity contribution is -0.885. The Hall–Kier alpha value is -1.90. The van der Waals surface area contributed by atoms with E-state index < -0.39 is 0 Å². The minimum absolute atomic E-state index is 0.0735. The van der Waals surface area contributed by atoms with Crippen LogP contribution in [0.3, 0.4) is 0 Å². The molecule has 1 aromatic carbocycles. The number of benzene rings is 1. The van der Waals surface area contributed by atoms with E-state index in [9.17, 15) is 9.59 Å². The molecular formula is C15H16BrN4O2S+. The first-order chi connectivity index (χ1) is 11.0. The Morgan fingerprint density at radius 2 is 2.09 bits per heavy atom. The molecule has 2 aromatic heterocycles. The third-order valence-corrected chi connectivity index (χ3v) is 4.81. The van der Waals surface area contributed by atoms with Crippen molar-refractivity contribution in [2.75, 3.05) is 18.9 Å². The van der Waals surface area contributed by atoms with E-state index in [-0.39, 0.29) is 11.6 Å². The molecule has 0 saturated heterocycles.